The SMILES string of the molecule is CCNc1cc(CC(C)C)nc(-c2cc(OC)ncn2)n1. The Bertz CT molecular complexity index is 600. The molecule has 6 nitrogen and oxygen atoms in total. The average Bonchev–Trinajstić information content (AvgIpc) is 2.46. The Morgan fingerprint density at radius 2 is 2.00 bits per heavy atom. The molecule has 6 heteroatoms. The van der Waals surface area contributed by atoms with E-state index in [1.54, 1.807) is 13.2 Å². The summed E-state index contributed by atoms with van der Waals surface area (Å²) in [6.07, 6.45) is 2.36. The molecule has 0 aliphatic rings. The summed E-state index contributed by atoms with van der Waals surface area (Å²) in [6, 6.07) is 3.73. The second-order valence-electron chi connectivity index (χ2n) is 5.14. The van der Waals surface area contributed by atoms with Gasteiger partial charge in [-0.1, -0.05) is 13.8 Å². The molecule has 2 aromatic heterocycles. The van der Waals surface area contributed by atoms with E-state index < -0.39 is 0 Å². The summed E-state index contributed by atoms with van der Waals surface area (Å²) in [5, 5.41) is 3.23. The van der Waals surface area contributed by atoms with Crippen LogP contribution >= 0.6 is 0 Å². The molecule has 21 heavy (non-hydrogen) atoms. The monoisotopic (exact) mass is 287 g/mol. The van der Waals surface area contributed by atoms with Crippen LogP contribution in [0.25, 0.3) is 11.5 Å². The van der Waals surface area contributed by atoms with Crippen molar-refractivity contribution >= 4 is 5.82 Å². The first-order chi connectivity index (χ1) is 10.1. The Hall–Kier alpha value is -2.24. The number of rotatable bonds is 6. The van der Waals surface area contributed by atoms with Crippen molar-refractivity contribution in [3.8, 4) is 17.4 Å². The molecule has 0 aliphatic carbocycles. The fraction of sp³-hybridized carbons (Fsp3) is 0.467. The molecule has 0 aromatic carbocycles. The summed E-state index contributed by atoms with van der Waals surface area (Å²) in [7, 11) is 1.58. The Labute approximate surface area is 125 Å². The first kappa shape index (κ1) is 15.2. The summed E-state index contributed by atoms with van der Waals surface area (Å²) in [5.74, 6) is 2.44. The quantitative estimate of drug-likeness (QED) is 0.880. The minimum absolute atomic E-state index is 0.503. The van der Waals surface area contributed by atoms with E-state index in [0.717, 1.165) is 24.5 Å². The molecule has 112 valence electrons. The Morgan fingerprint density at radius 1 is 1.19 bits per heavy atom. The van der Waals surface area contributed by atoms with Gasteiger partial charge in [-0.15, -0.1) is 0 Å². The molecule has 0 atom stereocenters. The number of hydrogen-bond donors (Lipinski definition) is 1. The maximum absolute atomic E-state index is 5.13. The van der Waals surface area contributed by atoms with Gasteiger partial charge in [0, 0.05) is 24.4 Å². The minimum atomic E-state index is 0.503. The number of ether oxygens (including phenoxy) is 1. The lowest BCUT2D eigenvalue weighted by Crippen LogP contribution is -2.06. The first-order valence-corrected chi connectivity index (χ1v) is 7.10. The molecule has 0 bridgehead atoms. The maximum Gasteiger partial charge on any atom is 0.216 e. The molecule has 0 radical (unpaired) electrons. The summed E-state index contributed by atoms with van der Waals surface area (Å²) in [5.41, 5.74) is 1.66. The van der Waals surface area contributed by atoms with Crippen LogP contribution in [-0.2, 0) is 6.42 Å². The van der Waals surface area contributed by atoms with Gasteiger partial charge in [0.1, 0.15) is 17.8 Å². The summed E-state index contributed by atoms with van der Waals surface area (Å²) >= 11 is 0. The van der Waals surface area contributed by atoms with Gasteiger partial charge in [-0.3, -0.25) is 0 Å². The van der Waals surface area contributed by atoms with Crippen molar-refractivity contribution in [1.82, 2.24) is 19.9 Å². The zero-order valence-electron chi connectivity index (χ0n) is 12.9. The van der Waals surface area contributed by atoms with Gasteiger partial charge >= 0.3 is 0 Å². The van der Waals surface area contributed by atoms with Crippen LogP contribution in [0.4, 0.5) is 5.82 Å². The van der Waals surface area contributed by atoms with Crippen molar-refractivity contribution in [2.75, 3.05) is 19.0 Å². The fourth-order valence-electron chi connectivity index (χ4n) is 1.98. The smallest absolute Gasteiger partial charge is 0.216 e. The first-order valence-electron chi connectivity index (χ1n) is 7.10. The Kier molecular flexibility index (Phi) is 5.03. The minimum Gasteiger partial charge on any atom is -0.481 e. The molecule has 2 aromatic rings. The highest BCUT2D eigenvalue weighted by Gasteiger charge is 2.10. The largest absolute Gasteiger partial charge is 0.481 e. The van der Waals surface area contributed by atoms with Crippen LogP contribution in [0.3, 0.4) is 0 Å². The van der Waals surface area contributed by atoms with Crippen molar-refractivity contribution in [2.24, 2.45) is 5.92 Å². The Morgan fingerprint density at radius 3 is 2.67 bits per heavy atom. The maximum atomic E-state index is 5.13. The number of anilines is 1. The average molecular weight is 287 g/mol. The van der Waals surface area contributed by atoms with Gasteiger partial charge in [-0.25, -0.2) is 19.9 Å². The van der Waals surface area contributed by atoms with Crippen LogP contribution in [0, 0.1) is 5.92 Å². The second-order valence-corrected chi connectivity index (χ2v) is 5.14. The van der Waals surface area contributed by atoms with E-state index in [1.165, 1.54) is 6.33 Å². The van der Waals surface area contributed by atoms with Gasteiger partial charge in [0.25, 0.3) is 0 Å². The third kappa shape index (κ3) is 4.11. The van der Waals surface area contributed by atoms with Gasteiger partial charge < -0.3 is 10.1 Å². The predicted octanol–water partition coefficient (Wildman–Crippen LogP) is 2.57. The van der Waals surface area contributed by atoms with E-state index in [2.05, 4.69) is 39.1 Å². The molecular formula is C15H21N5O. The lowest BCUT2D eigenvalue weighted by Gasteiger charge is -2.10. The molecule has 0 saturated carbocycles. The Balaban J connectivity index is 2.42. The normalized spacial score (nSPS) is 10.7. The fourth-order valence-corrected chi connectivity index (χ4v) is 1.98. The van der Waals surface area contributed by atoms with Crippen LogP contribution in [-0.4, -0.2) is 33.6 Å². The number of nitrogens with zero attached hydrogens (tertiary/aromatic N) is 4. The van der Waals surface area contributed by atoms with E-state index >= 15 is 0 Å². The highest BCUT2D eigenvalue weighted by molar-refractivity contribution is 5.54. The molecule has 0 saturated heterocycles. The number of methoxy groups -OCH3 is 1. The van der Waals surface area contributed by atoms with E-state index in [1.807, 2.05) is 13.0 Å². The van der Waals surface area contributed by atoms with E-state index in [4.69, 9.17) is 4.74 Å². The highest BCUT2D eigenvalue weighted by atomic mass is 16.5. The number of hydrogen-bond acceptors (Lipinski definition) is 6. The topological polar surface area (TPSA) is 72.8 Å². The zero-order chi connectivity index (χ0) is 15.2. The highest BCUT2D eigenvalue weighted by Crippen LogP contribution is 2.20. The molecular weight excluding hydrogens is 266 g/mol. The van der Waals surface area contributed by atoms with Crippen LogP contribution in [0.1, 0.15) is 26.5 Å². The third-order valence-electron chi connectivity index (χ3n) is 2.83. The summed E-state index contributed by atoms with van der Waals surface area (Å²) in [6.45, 7) is 7.19. The van der Waals surface area contributed by atoms with E-state index in [-0.39, 0.29) is 0 Å². The summed E-state index contributed by atoms with van der Waals surface area (Å²) < 4.78 is 5.13. The van der Waals surface area contributed by atoms with Crippen molar-refractivity contribution in [2.45, 2.75) is 27.2 Å². The molecule has 2 heterocycles. The number of nitrogens with one attached hydrogen (secondary N) is 1. The van der Waals surface area contributed by atoms with Crippen LogP contribution in [0.15, 0.2) is 18.5 Å². The van der Waals surface area contributed by atoms with Crippen LogP contribution in [0.5, 0.6) is 5.88 Å². The van der Waals surface area contributed by atoms with Crippen molar-refractivity contribution < 1.29 is 4.74 Å². The molecule has 0 amide bonds. The summed E-state index contributed by atoms with van der Waals surface area (Å²) in [4.78, 5) is 17.4. The van der Waals surface area contributed by atoms with Gasteiger partial charge in [0.15, 0.2) is 5.82 Å². The lowest BCUT2D eigenvalue weighted by molar-refractivity contribution is 0.397. The van der Waals surface area contributed by atoms with Crippen molar-refractivity contribution in [3.63, 3.8) is 0 Å². The van der Waals surface area contributed by atoms with E-state index in [9.17, 15) is 0 Å². The van der Waals surface area contributed by atoms with Gasteiger partial charge in [-0.05, 0) is 19.3 Å². The number of aromatic nitrogens is 4. The molecule has 0 spiro atoms. The zero-order valence-corrected chi connectivity index (χ0v) is 12.9. The lowest BCUT2D eigenvalue weighted by atomic mass is 10.1. The van der Waals surface area contributed by atoms with E-state index in [0.29, 0.717) is 23.3 Å². The van der Waals surface area contributed by atoms with Crippen LogP contribution < -0.4 is 10.1 Å². The molecule has 1 N–H and O–H groups in total. The van der Waals surface area contributed by atoms with Crippen molar-refractivity contribution in [3.05, 3.63) is 24.2 Å². The van der Waals surface area contributed by atoms with Crippen LogP contribution in [0.2, 0.25) is 0 Å². The molecule has 2 rings (SSSR count). The van der Waals surface area contributed by atoms with Crippen molar-refractivity contribution in [1.29, 1.82) is 0 Å². The van der Waals surface area contributed by atoms with Gasteiger partial charge in [-0.2, -0.15) is 0 Å². The molecule has 0 aliphatic heterocycles. The third-order valence-corrected chi connectivity index (χ3v) is 2.83. The molecule has 0 fully saturated rings. The van der Waals surface area contributed by atoms with Gasteiger partial charge in [0.05, 0.1) is 7.11 Å². The standard InChI is InChI=1S/C15H21N5O/c1-5-16-13-7-11(6-10(2)3)19-15(20-13)12-8-14(21-4)18-9-17-12/h7-10H,5-6H2,1-4H3,(H,16,19,20). The second kappa shape index (κ2) is 6.97. The van der Waals surface area contributed by atoms with Gasteiger partial charge in [0.2, 0.25) is 5.88 Å². The molecule has 0 unspecified atom stereocenters. The predicted molar refractivity (Wildman–Crippen MR) is 82.3 cm³/mol.